The molecule has 0 aliphatic carbocycles. The van der Waals surface area contributed by atoms with Crippen molar-refractivity contribution in [3.63, 3.8) is 0 Å². The van der Waals surface area contributed by atoms with Crippen molar-refractivity contribution in [1.29, 1.82) is 5.26 Å². The van der Waals surface area contributed by atoms with Gasteiger partial charge in [0.25, 0.3) is 5.56 Å². The van der Waals surface area contributed by atoms with Gasteiger partial charge in [-0.1, -0.05) is 28.1 Å². The molecular weight excluding hydrogens is 358 g/mol. The number of fused-ring (bicyclic) bond motifs is 1. The van der Waals surface area contributed by atoms with Crippen LogP contribution in [0.2, 0.25) is 0 Å². The number of nitrogens with one attached hydrogen (secondary N) is 1. The Morgan fingerprint density at radius 3 is 2.70 bits per heavy atom. The third-order valence-corrected chi connectivity index (χ3v) is 3.74. The highest BCUT2D eigenvalue weighted by molar-refractivity contribution is 9.10. The second-order valence-corrected chi connectivity index (χ2v) is 5.75. The third-order valence-electron chi connectivity index (χ3n) is 3.25. The number of hydrogen-bond donors (Lipinski definition) is 2. The van der Waals surface area contributed by atoms with Crippen LogP contribution in [0.15, 0.2) is 51.7 Å². The summed E-state index contributed by atoms with van der Waals surface area (Å²) in [6.45, 7) is 0. The fourth-order valence-corrected chi connectivity index (χ4v) is 2.49. The van der Waals surface area contributed by atoms with E-state index in [0.717, 1.165) is 10.0 Å². The molecule has 0 radical (unpaired) electrons. The number of benzene rings is 2. The second kappa shape index (κ2) is 6.07. The van der Waals surface area contributed by atoms with E-state index in [1.807, 2.05) is 6.07 Å². The van der Waals surface area contributed by atoms with Gasteiger partial charge in [0.15, 0.2) is 5.82 Å². The molecule has 0 saturated carbocycles. The molecular formula is C17H10BrN3O2. The summed E-state index contributed by atoms with van der Waals surface area (Å²) in [6.07, 6.45) is 1.60. The molecule has 6 heteroatoms. The zero-order valence-corrected chi connectivity index (χ0v) is 13.3. The highest BCUT2D eigenvalue weighted by atomic mass is 79.9. The topological polar surface area (TPSA) is 89.8 Å². The monoisotopic (exact) mass is 367 g/mol. The van der Waals surface area contributed by atoms with Crippen LogP contribution in [0.5, 0.6) is 5.75 Å². The zero-order chi connectivity index (χ0) is 16.4. The lowest BCUT2D eigenvalue weighted by molar-refractivity contribution is 0.475. The van der Waals surface area contributed by atoms with Crippen molar-refractivity contribution in [3.05, 3.63) is 68.7 Å². The van der Waals surface area contributed by atoms with Crippen LogP contribution in [-0.2, 0) is 0 Å². The Bertz CT molecular complexity index is 1010. The minimum Gasteiger partial charge on any atom is -0.508 e. The van der Waals surface area contributed by atoms with Crippen molar-refractivity contribution >= 4 is 38.5 Å². The number of halogens is 1. The molecule has 2 N–H and O–H groups in total. The van der Waals surface area contributed by atoms with Crippen LogP contribution in [-0.4, -0.2) is 15.1 Å². The summed E-state index contributed by atoms with van der Waals surface area (Å²) in [5, 5.41) is 19.1. The molecule has 112 valence electrons. The molecule has 0 spiro atoms. The van der Waals surface area contributed by atoms with Crippen molar-refractivity contribution in [1.82, 2.24) is 9.97 Å². The number of phenolic OH excluding ortho intramolecular Hbond substituents is 1. The Morgan fingerprint density at radius 1 is 1.26 bits per heavy atom. The van der Waals surface area contributed by atoms with Gasteiger partial charge in [0.2, 0.25) is 0 Å². The summed E-state index contributed by atoms with van der Waals surface area (Å²) in [6, 6.07) is 13.6. The summed E-state index contributed by atoms with van der Waals surface area (Å²) in [5.41, 5.74) is 1.16. The van der Waals surface area contributed by atoms with Crippen LogP contribution in [0.1, 0.15) is 11.4 Å². The maximum absolute atomic E-state index is 12.2. The fourth-order valence-electron chi connectivity index (χ4n) is 2.13. The van der Waals surface area contributed by atoms with E-state index >= 15 is 0 Å². The summed E-state index contributed by atoms with van der Waals surface area (Å²) in [5.74, 6) is 0.351. The lowest BCUT2D eigenvalue weighted by atomic mass is 10.1. The van der Waals surface area contributed by atoms with E-state index in [0.29, 0.717) is 10.9 Å². The van der Waals surface area contributed by atoms with E-state index in [2.05, 4.69) is 25.9 Å². The molecule has 23 heavy (non-hydrogen) atoms. The zero-order valence-electron chi connectivity index (χ0n) is 11.7. The third kappa shape index (κ3) is 3.15. The number of rotatable bonds is 2. The number of aromatic nitrogens is 2. The van der Waals surface area contributed by atoms with Gasteiger partial charge in [-0.2, -0.15) is 5.26 Å². The average molecular weight is 368 g/mol. The van der Waals surface area contributed by atoms with Crippen LogP contribution < -0.4 is 5.56 Å². The molecule has 0 atom stereocenters. The summed E-state index contributed by atoms with van der Waals surface area (Å²) in [7, 11) is 0. The molecule has 1 aromatic heterocycles. The first kappa shape index (κ1) is 15.0. The molecule has 2 aromatic carbocycles. The van der Waals surface area contributed by atoms with Gasteiger partial charge in [0.1, 0.15) is 11.8 Å². The Hall–Kier alpha value is -2.91. The molecule has 0 saturated heterocycles. The van der Waals surface area contributed by atoms with E-state index < -0.39 is 0 Å². The number of nitrogens with zero attached hydrogens (tertiary/aromatic N) is 2. The lowest BCUT2D eigenvalue weighted by Crippen LogP contribution is -2.11. The number of allylic oxidation sites excluding steroid dienone is 1. The van der Waals surface area contributed by atoms with Crippen LogP contribution in [0, 0.1) is 11.3 Å². The predicted octanol–water partition coefficient (Wildman–Crippen LogP) is 3.46. The van der Waals surface area contributed by atoms with E-state index in [1.54, 1.807) is 36.4 Å². The van der Waals surface area contributed by atoms with Crippen molar-refractivity contribution in [2.45, 2.75) is 0 Å². The van der Waals surface area contributed by atoms with Gasteiger partial charge in [0, 0.05) is 4.47 Å². The molecule has 0 aliphatic rings. The maximum atomic E-state index is 12.2. The number of H-pyrrole nitrogens is 1. The summed E-state index contributed by atoms with van der Waals surface area (Å²) in [4.78, 5) is 19.2. The quantitative estimate of drug-likeness (QED) is 0.678. The Balaban J connectivity index is 2.14. The van der Waals surface area contributed by atoms with Crippen LogP contribution in [0.3, 0.4) is 0 Å². The van der Waals surface area contributed by atoms with E-state index in [1.165, 1.54) is 12.1 Å². The molecule has 0 bridgehead atoms. The lowest BCUT2D eigenvalue weighted by Gasteiger charge is -2.03. The van der Waals surface area contributed by atoms with Gasteiger partial charge >= 0.3 is 0 Å². The van der Waals surface area contributed by atoms with Crippen molar-refractivity contribution < 1.29 is 5.11 Å². The standard InChI is InChI=1S/C17H10BrN3O2/c18-12-3-6-15-14(8-12)17(23)21-16(20-15)11(9-19)7-10-1-4-13(22)5-2-10/h1-8,22H,(H,20,21,23)/b11-7+. The first-order chi connectivity index (χ1) is 11.1. The van der Waals surface area contributed by atoms with Gasteiger partial charge in [0.05, 0.1) is 16.5 Å². The highest BCUT2D eigenvalue weighted by Gasteiger charge is 2.08. The maximum Gasteiger partial charge on any atom is 0.259 e. The molecule has 0 amide bonds. The van der Waals surface area contributed by atoms with Gasteiger partial charge in [-0.3, -0.25) is 4.79 Å². The van der Waals surface area contributed by atoms with Gasteiger partial charge in [-0.05, 0) is 42.0 Å². The number of hydrogen-bond acceptors (Lipinski definition) is 4. The smallest absolute Gasteiger partial charge is 0.259 e. The van der Waals surface area contributed by atoms with Crippen molar-refractivity contribution in [3.8, 4) is 11.8 Å². The fraction of sp³-hybridized carbons (Fsp3) is 0. The number of nitriles is 1. The minimum atomic E-state index is -0.307. The SMILES string of the molecule is N#C/C(=C\c1ccc(O)cc1)c1nc2ccc(Br)cc2c(=O)[nH]1. The molecule has 0 fully saturated rings. The highest BCUT2D eigenvalue weighted by Crippen LogP contribution is 2.19. The second-order valence-electron chi connectivity index (χ2n) is 4.84. The number of aromatic hydroxyl groups is 1. The Kier molecular flexibility index (Phi) is 3.96. The first-order valence-electron chi connectivity index (χ1n) is 6.67. The predicted molar refractivity (Wildman–Crippen MR) is 91.7 cm³/mol. The van der Waals surface area contributed by atoms with Gasteiger partial charge in [-0.15, -0.1) is 0 Å². The molecule has 3 aromatic rings. The van der Waals surface area contributed by atoms with Crippen LogP contribution >= 0.6 is 15.9 Å². The first-order valence-corrected chi connectivity index (χ1v) is 7.47. The molecule has 0 unspecified atom stereocenters. The molecule has 0 aliphatic heterocycles. The average Bonchev–Trinajstić information content (AvgIpc) is 2.55. The minimum absolute atomic E-state index is 0.142. The van der Waals surface area contributed by atoms with Gasteiger partial charge in [-0.25, -0.2) is 4.98 Å². The molecule has 3 rings (SSSR count). The van der Waals surface area contributed by atoms with E-state index in [-0.39, 0.29) is 22.7 Å². The Morgan fingerprint density at radius 2 is 2.00 bits per heavy atom. The normalized spacial score (nSPS) is 11.4. The molecule has 5 nitrogen and oxygen atoms in total. The van der Waals surface area contributed by atoms with Crippen molar-refractivity contribution in [2.24, 2.45) is 0 Å². The summed E-state index contributed by atoms with van der Waals surface area (Å²) >= 11 is 3.31. The van der Waals surface area contributed by atoms with Crippen LogP contribution in [0.25, 0.3) is 22.6 Å². The van der Waals surface area contributed by atoms with Gasteiger partial charge < -0.3 is 10.1 Å². The number of phenols is 1. The van der Waals surface area contributed by atoms with Crippen molar-refractivity contribution in [2.75, 3.05) is 0 Å². The Labute approximate surface area is 139 Å². The van der Waals surface area contributed by atoms with E-state index in [4.69, 9.17) is 0 Å². The summed E-state index contributed by atoms with van der Waals surface area (Å²) < 4.78 is 0.783. The van der Waals surface area contributed by atoms with Crippen LogP contribution in [0.4, 0.5) is 0 Å². The number of aromatic amines is 1. The largest absolute Gasteiger partial charge is 0.508 e. The van der Waals surface area contributed by atoms with E-state index in [9.17, 15) is 15.2 Å². The molecule has 1 heterocycles.